The molecule has 1 aliphatic heterocycles. The van der Waals surface area contributed by atoms with Crippen molar-refractivity contribution in [1.82, 2.24) is 4.90 Å². The lowest BCUT2D eigenvalue weighted by molar-refractivity contribution is 0.0503. The lowest BCUT2D eigenvalue weighted by Crippen LogP contribution is -2.32. The van der Waals surface area contributed by atoms with E-state index in [1.807, 2.05) is 0 Å². The van der Waals surface area contributed by atoms with Gasteiger partial charge in [-0.25, -0.2) is 4.94 Å². The number of morpholine rings is 1. The molecule has 62 valence electrons. The van der Waals surface area contributed by atoms with Crippen LogP contribution in [0.15, 0.2) is 0 Å². The first-order valence-electron chi connectivity index (χ1n) is 3.13. The van der Waals surface area contributed by atoms with Gasteiger partial charge in [0.2, 0.25) is 0 Å². The fourth-order valence-corrected chi connectivity index (χ4v) is 0.655. The molecular formula is C5H15N3O2. The van der Waals surface area contributed by atoms with E-state index in [-0.39, 0.29) is 0 Å². The van der Waals surface area contributed by atoms with Gasteiger partial charge in [0.25, 0.3) is 0 Å². The molecule has 0 aromatic carbocycles. The van der Waals surface area contributed by atoms with E-state index in [0.717, 1.165) is 26.3 Å². The van der Waals surface area contributed by atoms with Crippen LogP contribution in [0.2, 0.25) is 0 Å². The molecule has 0 aromatic rings. The Balaban J connectivity index is 0.000000236. The van der Waals surface area contributed by atoms with Crippen molar-refractivity contribution < 1.29 is 9.68 Å². The molecule has 0 aromatic heterocycles. The van der Waals surface area contributed by atoms with Gasteiger partial charge in [-0.3, -0.25) is 0 Å². The molecule has 0 atom stereocenters. The summed E-state index contributed by atoms with van der Waals surface area (Å²) in [5.74, 6) is 8.25. The van der Waals surface area contributed by atoms with Gasteiger partial charge in [-0.05, 0) is 7.05 Å². The molecule has 10 heavy (non-hydrogen) atoms. The highest BCUT2D eigenvalue weighted by molar-refractivity contribution is 4.53. The van der Waals surface area contributed by atoms with Crippen LogP contribution in [0.3, 0.4) is 0 Å². The van der Waals surface area contributed by atoms with Gasteiger partial charge in [-0.2, -0.15) is 11.8 Å². The molecule has 1 saturated heterocycles. The highest BCUT2D eigenvalue weighted by Crippen LogP contribution is 1.89. The Morgan fingerprint density at radius 1 is 1.30 bits per heavy atom. The average Bonchev–Trinajstić information content (AvgIpc) is 1.91. The van der Waals surface area contributed by atoms with Crippen LogP contribution in [0.4, 0.5) is 0 Å². The highest BCUT2D eigenvalue weighted by atomic mass is 16.7. The SMILES string of the molecule is CN1CCOCC1.NON. The van der Waals surface area contributed by atoms with Crippen molar-refractivity contribution in [3.05, 3.63) is 0 Å². The van der Waals surface area contributed by atoms with Crippen LogP contribution in [-0.2, 0) is 9.68 Å². The lowest BCUT2D eigenvalue weighted by Gasteiger charge is -2.21. The summed E-state index contributed by atoms with van der Waals surface area (Å²) >= 11 is 0. The van der Waals surface area contributed by atoms with Crippen LogP contribution in [0.25, 0.3) is 0 Å². The smallest absolute Gasteiger partial charge is 0.0594 e. The second kappa shape index (κ2) is 6.91. The molecule has 0 amide bonds. The van der Waals surface area contributed by atoms with Crippen LogP contribution < -0.4 is 11.8 Å². The zero-order valence-corrected chi connectivity index (χ0v) is 6.25. The predicted octanol–water partition coefficient (Wildman–Crippen LogP) is -1.30. The maximum absolute atomic E-state index is 5.10. The predicted molar refractivity (Wildman–Crippen MR) is 37.8 cm³/mol. The van der Waals surface area contributed by atoms with E-state index in [9.17, 15) is 0 Å². The van der Waals surface area contributed by atoms with Crippen molar-refractivity contribution >= 4 is 0 Å². The summed E-state index contributed by atoms with van der Waals surface area (Å²) in [7, 11) is 2.11. The van der Waals surface area contributed by atoms with Crippen molar-refractivity contribution in [1.29, 1.82) is 0 Å². The van der Waals surface area contributed by atoms with Crippen LogP contribution >= 0.6 is 0 Å². The van der Waals surface area contributed by atoms with E-state index in [4.69, 9.17) is 4.74 Å². The van der Waals surface area contributed by atoms with E-state index in [1.165, 1.54) is 0 Å². The summed E-state index contributed by atoms with van der Waals surface area (Å²) in [5, 5.41) is 0. The molecule has 1 aliphatic rings. The first-order chi connectivity index (χ1) is 4.81. The molecule has 1 fully saturated rings. The zero-order valence-electron chi connectivity index (χ0n) is 6.25. The molecule has 0 aliphatic carbocycles. The minimum Gasteiger partial charge on any atom is -0.379 e. The standard InChI is InChI=1S/C5H11NO.H4N2O/c1-6-2-4-7-5-3-6;1-3-2/h2-5H2,1H3;1-2H2. The molecule has 1 rings (SSSR count). The molecule has 0 bridgehead atoms. The van der Waals surface area contributed by atoms with Crippen molar-refractivity contribution in [3.63, 3.8) is 0 Å². The summed E-state index contributed by atoms with van der Waals surface area (Å²) in [6.45, 7) is 4.02. The molecule has 4 N–H and O–H groups in total. The topological polar surface area (TPSA) is 73.7 Å². The summed E-state index contributed by atoms with van der Waals surface area (Å²) in [6.07, 6.45) is 0. The highest BCUT2D eigenvalue weighted by Gasteiger charge is 2.02. The Kier molecular flexibility index (Phi) is 6.78. The zero-order chi connectivity index (χ0) is 7.82. The number of likely N-dealkylation sites (N-methyl/N-ethyl adjacent to an activating group) is 1. The molecule has 0 saturated carbocycles. The van der Waals surface area contributed by atoms with Gasteiger partial charge in [0.15, 0.2) is 0 Å². The number of nitrogens with zero attached hydrogens (tertiary/aromatic N) is 1. The van der Waals surface area contributed by atoms with E-state index in [2.05, 4.69) is 28.7 Å². The number of rotatable bonds is 0. The van der Waals surface area contributed by atoms with E-state index >= 15 is 0 Å². The summed E-state index contributed by atoms with van der Waals surface area (Å²) in [4.78, 5) is 5.52. The molecular weight excluding hydrogens is 134 g/mol. The molecule has 0 unspecified atom stereocenters. The first kappa shape index (κ1) is 9.80. The third kappa shape index (κ3) is 5.93. The first-order valence-corrected chi connectivity index (χ1v) is 3.13. The minimum absolute atomic E-state index is 0.913. The normalized spacial score (nSPS) is 19.5. The van der Waals surface area contributed by atoms with E-state index in [1.54, 1.807) is 0 Å². The minimum atomic E-state index is 0.913. The fraction of sp³-hybridized carbons (Fsp3) is 1.00. The van der Waals surface area contributed by atoms with Gasteiger partial charge >= 0.3 is 0 Å². The van der Waals surface area contributed by atoms with Gasteiger partial charge < -0.3 is 9.64 Å². The fourth-order valence-electron chi connectivity index (χ4n) is 0.655. The number of hydrogen-bond acceptors (Lipinski definition) is 5. The summed E-state index contributed by atoms with van der Waals surface area (Å²) in [6, 6.07) is 0. The molecule has 0 radical (unpaired) electrons. The Labute approximate surface area is 60.8 Å². The van der Waals surface area contributed by atoms with Gasteiger partial charge in [-0.15, -0.1) is 0 Å². The maximum atomic E-state index is 5.10. The van der Waals surface area contributed by atoms with E-state index in [0.29, 0.717) is 0 Å². The van der Waals surface area contributed by atoms with Gasteiger partial charge in [0, 0.05) is 13.1 Å². The third-order valence-corrected chi connectivity index (χ3v) is 1.23. The molecule has 5 nitrogen and oxygen atoms in total. The Morgan fingerprint density at radius 2 is 1.70 bits per heavy atom. The molecule has 1 heterocycles. The quantitative estimate of drug-likeness (QED) is 0.419. The van der Waals surface area contributed by atoms with Crippen LogP contribution in [0, 0.1) is 0 Å². The van der Waals surface area contributed by atoms with Gasteiger partial charge in [-0.1, -0.05) is 0 Å². The van der Waals surface area contributed by atoms with Crippen LogP contribution in [-0.4, -0.2) is 38.3 Å². The van der Waals surface area contributed by atoms with Crippen LogP contribution in [0.1, 0.15) is 0 Å². The van der Waals surface area contributed by atoms with Crippen molar-refractivity contribution in [2.75, 3.05) is 33.4 Å². The third-order valence-electron chi connectivity index (χ3n) is 1.23. The van der Waals surface area contributed by atoms with E-state index < -0.39 is 0 Å². The second-order valence-corrected chi connectivity index (χ2v) is 2.05. The van der Waals surface area contributed by atoms with Gasteiger partial charge in [0.1, 0.15) is 0 Å². The second-order valence-electron chi connectivity index (χ2n) is 2.05. The Hall–Kier alpha value is -0.200. The summed E-state index contributed by atoms with van der Waals surface area (Å²) < 4.78 is 5.10. The summed E-state index contributed by atoms with van der Waals surface area (Å²) in [5.41, 5.74) is 0. The number of ether oxygens (including phenoxy) is 1. The maximum Gasteiger partial charge on any atom is 0.0594 e. The van der Waals surface area contributed by atoms with Gasteiger partial charge in [0.05, 0.1) is 13.2 Å². The Morgan fingerprint density at radius 3 is 1.90 bits per heavy atom. The lowest BCUT2D eigenvalue weighted by atomic mass is 10.5. The number of hydrogen-bond donors (Lipinski definition) is 2. The monoisotopic (exact) mass is 149 g/mol. The number of nitrogens with two attached hydrogens (primary N) is 2. The molecule has 5 heteroatoms. The van der Waals surface area contributed by atoms with Crippen molar-refractivity contribution in [2.45, 2.75) is 0 Å². The average molecular weight is 149 g/mol. The largest absolute Gasteiger partial charge is 0.379 e. The Bertz CT molecular complexity index is 65.9. The molecule has 0 spiro atoms. The van der Waals surface area contributed by atoms with Crippen LogP contribution in [0.5, 0.6) is 0 Å². The van der Waals surface area contributed by atoms with Crippen molar-refractivity contribution in [3.8, 4) is 0 Å². The van der Waals surface area contributed by atoms with Crippen molar-refractivity contribution in [2.24, 2.45) is 11.8 Å².